The van der Waals surface area contributed by atoms with Gasteiger partial charge in [-0.15, -0.1) is 10.2 Å². The molecule has 148 valence electrons. The lowest BCUT2D eigenvalue weighted by atomic mass is 10.2. The first-order chi connectivity index (χ1) is 14.0. The summed E-state index contributed by atoms with van der Waals surface area (Å²) in [6.45, 7) is 4.74. The van der Waals surface area contributed by atoms with Crippen LogP contribution in [0.4, 0.5) is 5.13 Å². The van der Waals surface area contributed by atoms with Crippen LogP contribution in [0.15, 0.2) is 47.6 Å². The Labute approximate surface area is 181 Å². The van der Waals surface area contributed by atoms with Gasteiger partial charge >= 0.3 is 0 Å². The van der Waals surface area contributed by atoms with Crippen molar-refractivity contribution in [2.24, 2.45) is 0 Å². The molecule has 0 aliphatic rings. The van der Waals surface area contributed by atoms with Crippen LogP contribution in [-0.4, -0.2) is 31.4 Å². The Hall–Kier alpha value is -2.42. The number of para-hydroxylation sites is 1. The number of halogens is 1. The minimum Gasteiger partial charge on any atom is -0.302 e. The number of thiazole rings is 1. The fourth-order valence-electron chi connectivity index (χ4n) is 2.92. The standard InChI is InChI=1S/C20H18ClN5OS2/c1-3-26-18(13-7-9-14(21)10-8-13)24-25-20(26)28-11-16(27)22-19-23-17-12(2)5-4-6-15(17)29-19/h4-10H,3,11H2,1-2H3,(H,22,23,27). The molecule has 2 heterocycles. The molecule has 0 unspecified atom stereocenters. The van der Waals surface area contributed by atoms with Crippen LogP contribution >= 0.6 is 34.7 Å². The fraction of sp³-hybridized carbons (Fsp3) is 0.200. The van der Waals surface area contributed by atoms with Gasteiger partial charge in [0.2, 0.25) is 5.91 Å². The summed E-state index contributed by atoms with van der Waals surface area (Å²) in [6, 6.07) is 13.5. The third-order valence-electron chi connectivity index (χ3n) is 4.33. The van der Waals surface area contributed by atoms with Crippen LogP contribution in [0.2, 0.25) is 5.02 Å². The number of aromatic nitrogens is 4. The van der Waals surface area contributed by atoms with Crippen LogP contribution in [0.5, 0.6) is 0 Å². The Balaban J connectivity index is 1.45. The van der Waals surface area contributed by atoms with Gasteiger partial charge in [0, 0.05) is 17.1 Å². The molecular formula is C20H18ClN5OS2. The summed E-state index contributed by atoms with van der Waals surface area (Å²) in [5.41, 5.74) is 2.96. The molecule has 0 radical (unpaired) electrons. The topological polar surface area (TPSA) is 72.7 Å². The molecule has 0 atom stereocenters. The Morgan fingerprint density at radius 2 is 2.00 bits per heavy atom. The Kier molecular flexibility index (Phi) is 5.84. The van der Waals surface area contributed by atoms with E-state index in [1.54, 1.807) is 0 Å². The molecule has 0 saturated carbocycles. The second-order valence-electron chi connectivity index (χ2n) is 6.33. The second-order valence-corrected chi connectivity index (χ2v) is 8.74. The number of rotatable bonds is 6. The van der Waals surface area contributed by atoms with E-state index >= 15 is 0 Å². The molecule has 29 heavy (non-hydrogen) atoms. The third kappa shape index (κ3) is 4.29. The average molecular weight is 444 g/mol. The first-order valence-electron chi connectivity index (χ1n) is 9.03. The molecule has 0 saturated heterocycles. The molecule has 0 spiro atoms. The summed E-state index contributed by atoms with van der Waals surface area (Å²) in [6.07, 6.45) is 0. The number of carbonyl (C=O) groups excluding carboxylic acids is 1. The molecular weight excluding hydrogens is 426 g/mol. The zero-order chi connectivity index (χ0) is 20.4. The van der Waals surface area contributed by atoms with Gasteiger partial charge < -0.3 is 9.88 Å². The number of thioether (sulfide) groups is 1. The van der Waals surface area contributed by atoms with Crippen molar-refractivity contribution in [3.05, 3.63) is 53.1 Å². The number of benzene rings is 2. The lowest BCUT2D eigenvalue weighted by Crippen LogP contribution is -2.14. The second kappa shape index (κ2) is 8.52. The highest BCUT2D eigenvalue weighted by atomic mass is 35.5. The highest BCUT2D eigenvalue weighted by Gasteiger charge is 2.15. The quantitative estimate of drug-likeness (QED) is 0.411. The summed E-state index contributed by atoms with van der Waals surface area (Å²) in [5, 5.41) is 13.4. The smallest absolute Gasteiger partial charge is 0.236 e. The van der Waals surface area contributed by atoms with Gasteiger partial charge in [0.25, 0.3) is 0 Å². The molecule has 4 rings (SSSR count). The molecule has 1 amide bonds. The predicted molar refractivity (Wildman–Crippen MR) is 120 cm³/mol. The van der Waals surface area contributed by atoms with Gasteiger partial charge in [-0.3, -0.25) is 4.79 Å². The van der Waals surface area contributed by atoms with Crippen LogP contribution < -0.4 is 5.32 Å². The van der Waals surface area contributed by atoms with Crippen molar-refractivity contribution in [3.8, 4) is 11.4 Å². The Bertz CT molecular complexity index is 1170. The van der Waals surface area contributed by atoms with Gasteiger partial charge in [-0.1, -0.05) is 46.8 Å². The van der Waals surface area contributed by atoms with Crippen molar-refractivity contribution < 1.29 is 4.79 Å². The highest BCUT2D eigenvalue weighted by Crippen LogP contribution is 2.29. The number of hydrogen-bond acceptors (Lipinski definition) is 6. The number of fused-ring (bicyclic) bond motifs is 1. The summed E-state index contributed by atoms with van der Waals surface area (Å²) >= 11 is 8.80. The van der Waals surface area contributed by atoms with Crippen molar-refractivity contribution in [1.82, 2.24) is 19.7 Å². The van der Waals surface area contributed by atoms with E-state index in [1.807, 2.05) is 60.9 Å². The first kappa shape index (κ1) is 19.9. The van der Waals surface area contributed by atoms with Crippen LogP contribution in [0.3, 0.4) is 0 Å². The summed E-state index contributed by atoms with van der Waals surface area (Å²) in [5.74, 6) is 0.868. The molecule has 2 aromatic heterocycles. The molecule has 0 bridgehead atoms. The van der Waals surface area contributed by atoms with Crippen LogP contribution in [-0.2, 0) is 11.3 Å². The number of hydrogen-bond donors (Lipinski definition) is 1. The summed E-state index contributed by atoms with van der Waals surface area (Å²) < 4.78 is 3.05. The van der Waals surface area contributed by atoms with Gasteiger partial charge in [-0.2, -0.15) is 0 Å². The van der Waals surface area contributed by atoms with Crippen LogP contribution in [0, 0.1) is 6.92 Å². The van der Waals surface area contributed by atoms with Gasteiger partial charge in [0.1, 0.15) is 0 Å². The highest BCUT2D eigenvalue weighted by molar-refractivity contribution is 7.99. The van der Waals surface area contributed by atoms with Gasteiger partial charge in [0.05, 0.1) is 16.0 Å². The molecule has 2 aromatic carbocycles. The van der Waals surface area contributed by atoms with E-state index in [9.17, 15) is 4.79 Å². The van der Waals surface area contributed by atoms with E-state index in [0.29, 0.717) is 21.9 Å². The summed E-state index contributed by atoms with van der Waals surface area (Å²) in [4.78, 5) is 16.9. The zero-order valence-electron chi connectivity index (χ0n) is 15.8. The molecule has 1 N–H and O–H groups in total. The molecule has 0 fully saturated rings. The lowest BCUT2D eigenvalue weighted by molar-refractivity contribution is -0.113. The van der Waals surface area contributed by atoms with E-state index in [-0.39, 0.29) is 11.7 Å². The Morgan fingerprint density at radius 3 is 2.72 bits per heavy atom. The molecule has 4 aromatic rings. The average Bonchev–Trinajstić information content (AvgIpc) is 3.31. The van der Waals surface area contributed by atoms with Gasteiger partial charge in [-0.05, 0) is 49.7 Å². The zero-order valence-corrected chi connectivity index (χ0v) is 18.2. The minimum absolute atomic E-state index is 0.120. The largest absolute Gasteiger partial charge is 0.302 e. The van der Waals surface area contributed by atoms with Crippen LogP contribution in [0.1, 0.15) is 12.5 Å². The van der Waals surface area contributed by atoms with Crippen molar-refractivity contribution in [1.29, 1.82) is 0 Å². The molecule has 0 aliphatic carbocycles. The molecule has 0 aliphatic heterocycles. The van der Waals surface area contributed by atoms with Crippen LogP contribution in [0.25, 0.3) is 21.6 Å². The number of nitrogens with one attached hydrogen (secondary N) is 1. The van der Waals surface area contributed by atoms with Gasteiger partial charge in [-0.25, -0.2) is 4.98 Å². The number of aryl methyl sites for hydroxylation is 1. The number of nitrogens with zero attached hydrogens (tertiary/aromatic N) is 4. The Morgan fingerprint density at radius 1 is 1.21 bits per heavy atom. The van der Waals surface area contributed by atoms with Crippen molar-refractivity contribution >= 4 is 56.0 Å². The maximum atomic E-state index is 12.4. The predicted octanol–water partition coefficient (Wildman–Crippen LogP) is 5.27. The monoisotopic (exact) mass is 443 g/mol. The third-order valence-corrected chi connectivity index (χ3v) is 6.49. The van der Waals surface area contributed by atoms with E-state index in [1.165, 1.54) is 23.1 Å². The van der Waals surface area contributed by atoms with E-state index in [0.717, 1.165) is 27.2 Å². The lowest BCUT2D eigenvalue weighted by Gasteiger charge is -2.07. The SMILES string of the molecule is CCn1c(SCC(=O)Nc2nc3c(C)cccc3s2)nnc1-c1ccc(Cl)cc1. The number of amides is 1. The van der Waals surface area contributed by atoms with E-state index in [4.69, 9.17) is 11.6 Å². The summed E-state index contributed by atoms with van der Waals surface area (Å²) in [7, 11) is 0. The first-order valence-corrected chi connectivity index (χ1v) is 11.2. The maximum Gasteiger partial charge on any atom is 0.236 e. The van der Waals surface area contributed by atoms with Crippen molar-refractivity contribution in [2.45, 2.75) is 25.5 Å². The van der Waals surface area contributed by atoms with Crippen molar-refractivity contribution in [3.63, 3.8) is 0 Å². The number of carbonyl (C=O) groups is 1. The normalized spacial score (nSPS) is 11.1. The molecule has 9 heteroatoms. The fourth-order valence-corrected chi connectivity index (χ4v) is 4.81. The van der Waals surface area contributed by atoms with Gasteiger partial charge in [0.15, 0.2) is 16.1 Å². The number of anilines is 1. The van der Waals surface area contributed by atoms with E-state index < -0.39 is 0 Å². The van der Waals surface area contributed by atoms with E-state index in [2.05, 4.69) is 20.5 Å². The minimum atomic E-state index is -0.120. The van der Waals surface area contributed by atoms with Crippen molar-refractivity contribution in [2.75, 3.05) is 11.1 Å². The molecule has 6 nitrogen and oxygen atoms in total. The maximum absolute atomic E-state index is 12.4.